The summed E-state index contributed by atoms with van der Waals surface area (Å²) in [6, 6.07) is 0. The largest absolute Gasteiger partial charge is 0.282 e. The predicted octanol–water partition coefficient (Wildman–Crippen LogP) is 0.306. The summed E-state index contributed by atoms with van der Waals surface area (Å²) in [6.07, 6.45) is 3.48. The van der Waals surface area contributed by atoms with Crippen molar-refractivity contribution in [3.63, 3.8) is 0 Å². The first-order chi connectivity index (χ1) is 7.01. The fourth-order valence-corrected chi connectivity index (χ4v) is 2.89. The number of nitrogens with one attached hydrogen (secondary N) is 1. The van der Waals surface area contributed by atoms with E-state index in [1.165, 1.54) is 4.31 Å². The second-order valence-corrected chi connectivity index (χ2v) is 6.46. The summed E-state index contributed by atoms with van der Waals surface area (Å²) in [7, 11) is -3.15. The van der Waals surface area contributed by atoms with Crippen molar-refractivity contribution in [2.75, 3.05) is 6.54 Å². The van der Waals surface area contributed by atoms with E-state index < -0.39 is 10.0 Å². The summed E-state index contributed by atoms with van der Waals surface area (Å²) in [6.45, 7) is 4.32. The molecule has 83 valence electrons. The first-order valence-corrected chi connectivity index (χ1v) is 6.45. The van der Waals surface area contributed by atoms with E-state index in [-0.39, 0.29) is 5.25 Å². The van der Waals surface area contributed by atoms with Crippen molar-refractivity contribution in [1.29, 1.82) is 0 Å². The Kier molecular flexibility index (Phi) is 2.56. The fourth-order valence-electron chi connectivity index (χ4n) is 1.64. The molecule has 0 aliphatic carbocycles. The molecule has 0 atom stereocenters. The first-order valence-electron chi connectivity index (χ1n) is 4.94. The van der Waals surface area contributed by atoms with Crippen molar-refractivity contribution in [2.24, 2.45) is 0 Å². The van der Waals surface area contributed by atoms with Crippen LogP contribution in [0.4, 0.5) is 0 Å². The van der Waals surface area contributed by atoms with Gasteiger partial charge in [-0.2, -0.15) is 9.40 Å². The molecule has 2 heterocycles. The third-order valence-corrected chi connectivity index (χ3v) is 4.87. The van der Waals surface area contributed by atoms with Crippen LogP contribution in [0.15, 0.2) is 0 Å². The van der Waals surface area contributed by atoms with E-state index in [0.717, 1.165) is 11.3 Å². The highest BCUT2D eigenvalue weighted by Crippen LogP contribution is 2.20. The zero-order chi connectivity index (χ0) is 11.1. The van der Waals surface area contributed by atoms with Gasteiger partial charge < -0.3 is 0 Å². The summed E-state index contributed by atoms with van der Waals surface area (Å²) in [4.78, 5) is 0. The van der Waals surface area contributed by atoms with Crippen LogP contribution < -0.4 is 0 Å². The molecule has 2 rings (SSSR count). The van der Waals surface area contributed by atoms with E-state index in [1.54, 1.807) is 13.8 Å². The molecule has 0 bridgehead atoms. The highest BCUT2D eigenvalue weighted by atomic mass is 32.2. The minimum absolute atomic E-state index is 0.369. The molecule has 0 saturated carbocycles. The average Bonchev–Trinajstić information content (AvgIpc) is 2.63. The van der Waals surface area contributed by atoms with Gasteiger partial charge in [-0.05, 0) is 13.8 Å². The molecule has 0 saturated heterocycles. The predicted molar refractivity (Wildman–Crippen MR) is 55.6 cm³/mol. The third kappa shape index (κ3) is 1.79. The second-order valence-electron chi connectivity index (χ2n) is 3.97. The molecule has 0 unspecified atom stereocenters. The van der Waals surface area contributed by atoms with Crippen molar-refractivity contribution in [2.45, 2.75) is 32.1 Å². The maximum Gasteiger partial charge on any atom is 0.216 e. The lowest BCUT2D eigenvalue weighted by Crippen LogP contribution is -2.39. The Bertz CT molecular complexity index is 450. The monoisotopic (exact) mass is 228 g/mol. The van der Waals surface area contributed by atoms with Gasteiger partial charge in [0.1, 0.15) is 6.20 Å². The summed E-state index contributed by atoms with van der Waals surface area (Å²) < 4.78 is 25.3. The maximum atomic E-state index is 11.9. The Hall–Kier alpha value is -0.880. The average molecular weight is 228 g/mol. The van der Waals surface area contributed by atoms with Crippen LogP contribution in [0.1, 0.15) is 25.1 Å². The lowest BCUT2D eigenvalue weighted by molar-refractivity contribution is 0.385. The van der Waals surface area contributed by atoms with Gasteiger partial charge >= 0.3 is 0 Å². The molecule has 1 radical (unpaired) electrons. The van der Waals surface area contributed by atoms with E-state index in [2.05, 4.69) is 16.4 Å². The normalized spacial score (nSPS) is 18.1. The molecular formula is C9H14N3O2S. The first kappa shape index (κ1) is 10.6. The van der Waals surface area contributed by atoms with Crippen LogP contribution in [0.25, 0.3) is 0 Å². The van der Waals surface area contributed by atoms with E-state index in [0.29, 0.717) is 19.5 Å². The van der Waals surface area contributed by atoms with Crippen LogP contribution in [-0.2, 0) is 23.0 Å². The fraction of sp³-hybridized carbons (Fsp3) is 0.667. The zero-order valence-electron chi connectivity index (χ0n) is 8.82. The molecular weight excluding hydrogens is 214 g/mol. The zero-order valence-corrected chi connectivity index (χ0v) is 9.63. The second kappa shape index (κ2) is 3.61. The molecule has 1 aromatic heterocycles. The SMILES string of the molecule is CC(C)S(=O)(=O)N1CCc2[nH]n[c]c2C1. The van der Waals surface area contributed by atoms with Crippen LogP contribution in [0.3, 0.4) is 0 Å². The lowest BCUT2D eigenvalue weighted by Gasteiger charge is -2.27. The smallest absolute Gasteiger partial charge is 0.216 e. The molecule has 1 aliphatic rings. The van der Waals surface area contributed by atoms with Crippen molar-refractivity contribution < 1.29 is 8.42 Å². The van der Waals surface area contributed by atoms with Gasteiger partial charge in [0, 0.05) is 30.8 Å². The number of aromatic nitrogens is 2. The minimum Gasteiger partial charge on any atom is -0.282 e. The summed E-state index contributed by atoms with van der Waals surface area (Å²) in [5.41, 5.74) is 1.87. The standard InChI is InChI=1S/C9H14N3O2S/c1-7(2)15(13,14)12-4-3-9-8(6-12)5-10-11-9/h7H,3-4,6H2,1-2H3,(H,10,11). The molecule has 1 N–H and O–H groups in total. The van der Waals surface area contributed by atoms with E-state index >= 15 is 0 Å². The number of nitrogens with zero attached hydrogens (tertiary/aromatic N) is 2. The minimum atomic E-state index is -3.15. The Balaban J connectivity index is 2.24. The van der Waals surface area contributed by atoms with Gasteiger partial charge in [0.2, 0.25) is 10.0 Å². The number of sulfonamides is 1. The van der Waals surface area contributed by atoms with Crippen LogP contribution in [0.2, 0.25) is 0 Å². The lowest BCUT2D eigenvalue weighted by atomic mass is 10.1. The number of fused-ring (bicyclic) bond motifs is 1. The van der Waals surface area contributed by atoms with Gasteiger partial charge in [0.25, 0.3) is 0 Å². The Morgan fingerprint density at radius 3 is 2.93 bits per heavy atom. The highest BCUT2D eigenvalue weighted by Gasteiger charge is 2.29. The van der Waals surface area contributed by atoms with Gasteiger partial charge in [0.05, 0.1) is 5.25 Å². The van der Waals surface area contributed by atoms with Crippen LogP contribution >= 0.6 is 0 Å². The summed E-state index contributed by atoms with van der Waals surface area (Å²) in [5, 5.41) is 6.26. The van der Waals surface area contributed by atoms with Gasteiger partial charge in [-0.3, -0.25) is 5.10 Å². The topological polar surface area (TPSA) is 66.1 Å². The van der Waals surface area contributed by atoms with E-state index in [1.807, 2.05) is 0 Å². The molecule has 5 nitrogen and oxygen atoms in total. The van der Waals surface area contributed by atoms with Crippen molar-refractivity contribution in [3.8, 4) is 0 Å². The van der Waals surface area contributed by atoms with Gasteiger partial charge in [-0.25, -0.2) is 8.42 Å². The number of aromatic amines is 1. The van der Waals surface area contributed by atoms with E-state index in [4.69, 9.17) is 0 Å². The molecule has 0 spiro atoms. The van der Waals surface area contributed by atoms with Crippen molar-refractivity contribution >= 4 is 10.0 Å². The van der Waals surface area contributed by atoms with Gasteiger partial charge in [-0.15, -0.1) is 0 Å². The Morgan fingerprint density at radius 1 is 1.53 bits per heavy atom. The molecule has 1 aliphatic heterocycles. The Morgan fingerprint density at radius 2 is 2.27 bits per heavy atom. The molecule has 15 heavy (non-hydrogen) atoms. The quantitative estimate of drug-likeness (QED) is 0.792. The molecule has 0 amide bonds. The van der Waals surface area contributed by atoms with Crippen molar-refractivity contribution in [1.82, 2.24) is 14.5 Å². The van der Waals surface area contributed by atoms with Gasteiger partial charge in [-0.1, -0.05) is 0 Å². The van der Waals surface area contributed by atoms with Crippen molar-refractivity contribution in [3.05, 3.63) is 17.5 Å². The summed E-state index contributed by atoms with van der Waals surface area (Å²) >= 11 is 0. The Labute approximate surface area is 89.5 Å². The maximum absolute atomic E-state index is 11.9. The van der Waals surface area contributed by atoms with Crippen LogP contribution in [0, 0.1) is 6.20 Å². The highest BCUT2D eigenvalue weighted by molar-refractivity contribution is 7.89. The van der Waals surface area contributed by atoms with E-state index in [9.17, 15) is 8.42 Å². The molecule has 0 fully saturated rings. The molecule has 1 aromatic rings. The van der Waals surface area contributed by atoms with Crippen LogP contribution in [0.5, 0.6) is 0 Å². The third-order valence-electron chi connectivity index (χ3n) is 2.65. The molecule has 6 heteroatoms. The van der Waals surface area contributed by atoms with Crippen LogP contribution in [-0.4, -0.2) is 34.7 Å². The number of hydrogen-bond acceptors (Lipinski definition) is 3. The number of rotatable bonds is 2. The van der Waals surface area contributed by atoms with Gasteiger partial charge in [0.15, 0.2) is 0 Å². The molecule has 0 aromatic carbocycles. The number of H-pyrrole nitrogens is 1. The number of hydrogen-bond donors (Lipinski definition) is 1. The summed E-state index contributed by atoms with van der Waals surface area (Å²) in [5.74, 6) is 0.